The second-order valence-corrected chi connectivity index (χ2v) is 3.79. The zero-order chi connectivity index (χ0) is 9.19. The van der Waals surface area contributed by atoms with Gasteiger partial charge in [0.2, 0.25) is 0 Å². The van der Waals surface area contributed by atoms with Crippen LogP contribution in [0.4, 0.5) is 8.78 Å². The molecule has 0 bridgehead atoms. The lowest BCUT2D eigenvalue weighted by molar-refractivity contribution is -0.0126. The Labute approximate surface area is 71.9 Å². The number of nitrogens with one attached hydrogen (secondary N) is 1. The lowest BCUT2D eigenvalue weighted by Crippen LogP contribution is -2.48. The summed E-state index contributed by atoms with van der Waals surface area (Å²) in [6.45, 7) is 3.54. The maximum Gasteiger partial charge on any atom is 0.257 e. The largest absolute Gasteiger partial charge is 0.316 e. The van der Waals surface area contributed by atoms with Gasteiger partial charge < -0.3 is 10.2 Å². The molecule has 0 spiro atoms. The van der Waals surface area contributed by atoms with Crippen molar-refractivity contribution in [2.45, 2.75) is 12.8 Å². The van der Waals surface area contributed by atoms with Crippen molar-refractivity contribution in [2.24, 2.45) is 5.92 Å². The van der Waals surface area contributed by atoms with Gasteiger partial charge in [-0.25, -0.2) is 8.78 Å². The third-order valence-electron chi connectivity index (χ3n) is 1.98. The maximum absolute atomic E-state index is 12.5. The quantitative estimate of drug-likeness (QED) is 0.684. The van der Waals surface area contributed by atoms with E-state index >= 15 is 0 Å². The summed E-state index contributed by atoms with van der Waals surface area (Å²) >= 11 is 0. The summed E-state index contributed by atoms with van der Waals surface area (Å²) in [6.07, 6.45) is 0. The third-order valence-corrected chi connectivity index (χ3v) is 1.98. The number of hydrogen-bond acceptors (Lipinski definition) is 2. The summed E-state index contributed by atoms with van der Waals surface area (Å²) < 4.78 is 25.0. The van der Waals surface area contributed by atoms with Gasteiger partial charge in [0.1, 0.15) is 0 Å². The molecule has 4 heteroatoms. The molecule has 0 aliphatic carbocycles. The minimum atomic E-state index is -2.56. The van der Waals surface area contributed by atoms with Crippen molar-refractivity contribution in [1.29, 1.82) is 0 Å². The fraction of sp³-hybridized carbons (Fsp3) is 1.00. The molecule has 1 fully saturated rings. The molecule has 0 saturated carbocycles. The molecule has 1 aliphatic heterocycles. The minimum absolute atomic E-state index is 0.135. The first-order valence-corrected chi connectivity index (χ1v) is 4.24. The van der Waals surface area contributed by atoms with Crippen molar-refractivity contribution in [3.8, 4) is 0 Å². The van der Waals surface area contributed by atoms with Gasteiger partial charge in [0, 0.05) is 26.6 Å². The molecule has 12 heavy (non-hydrogen) atoms. The summed E-state index contributed by atoms with van der Waals surface area (Å²) in [4.78, 5) is 1.70. The molecule has 0 aromatic carbocycles. The van der Waals surface area contributed by atoms with Gasteiger partial charge in [-0.05, 0) is 13.0 Å². The molecule has 1 aliphatic rings. The van der Waals surface area contributed by atoms with E-state index in [-0.39, 0.29) is 6.54 Å². The van der Waals surface area contributed by atoms with Crippen LogP contribution in [0.3, 0.4) is 0 Å². The van der Waals surface area contributed by atoms with Crippen molar-refractivity contribution >= 4 is 0 Å². The lowest BCUT2D eigenvalue weighted by atomic mass is 10.0. The Morgan fingerprint density at radius 3 is 2.42 bits per heavy atom. The van der Waals surface area contributed by atoms with E-state index in [1.165, 1.54) is 0 Å². The standard InChI is InChI=1S/C8H16F2N2/c1-8(9,10)6-12(2)5-7-3-11-4-7/h7,11H,3-6H2,1-2H3. The van der Waals surface area contributed by atoms with Crippen LogP contribution in [-0.4, -0.2) is 44.0 Å². The molecule has 0 aromatic rings. The van der Waals surface area contributed by atoms with Crippen LogP contribution in [0.1, 0.15) is 6.92 Å². The van der Waals surface area contributed by atoms with Crippen molar-refractivity contribution in [3.63, 3.8) is 0 Å². The van der Waals surface area contributed by atoms with Crippen LogP contribution in [0, 0.1) is 5.92 Å². The molecule has 0 radical (unpaired) electrons. The molecule has 1 N–H and O–H groups in total. The van der Waals surface area contributed by atoms with Gasteiger partial charge in [0.05, 0.1) is 6.54 Å². The topological polar surface area (TPSA) is 15.3 Å². The van der Waals surface area contributed by atoms with Crippen molar-refractivity contribution in [3.05, 3.63) is 0 Å². The maximum atomic E-state index is 12.5. The first-order chi connectivity index (χ1) is 5.47. The second-order valence-electron chi connectivity index (χ2n) is 3.79. The molecular formula is C8H16F2N2. The van der Waals surface area contributed by atoms with Gasteiger partial charge in [-0.2, -0.15) is 0 Å². The highest BCUT2D eigenvalue weighted by atomic mass is 19.3. The molecule has 1 saturated heterocycles. The van der Waals surface area contributed by atoms with Crippen molar-refractivity contribution < 1.29 is 8.78 Å². The van der Waals surface area contributed by atoms with E-state index in [9.17, 15) is 8.78 Å². The number of alkyl halides is 2. The van der Waals surface area contributed by atoms with E-state index in [2.05, 4.69) is 5.32 Å². The Morgan fingerprint density at radius 2 is 2.08 bits per heavy atom. The van der Waals surface area contributed by atoms with Crippen LogP contribution < -0.4 is 5.32 Å². The highest BCUT2D eigenvalue weighted by molar-refractivity contribution is 4.78. The zero-order valence-electron chi connectivity index (χ0n) is 7.61. The number of hydrogen-bond donors (Lipinski definition) is 1. The summed E-state index contributed by atoms with van der Waals surface area (Å²) in [6, 6.07) is 0. The van der Waals surface area contributed by atoms with E-state index in [1.54, 1.807) is 11.9 Å². The van der Waals surface area contributed by atoms with Crippen LogP contribution in [0.25, 0.3) is 0 Å². The first-order valence-electron chi connectivity index (χ1n) is 4.24. The van der Waals surface area contributed by atoms with E-state index in [0.29, 0.717) is 5.92 Å². The van der Waals surface area contributed by atoms with Crippen LogP contribution in [0.5, 0.6) is 0 Å². The third kappa shape index (κ3) is 3.45. The average molecular weight is 178 g/mol. The van der Waals surface area contributed by atoms with E-state index in [0.717, 1.165) is 26.6 Å². The predicted molar refractivity (Wildman–Crippen MR) is 44.5 cm³/mol. The fourth-order valence-corrected chi connectivity index (χ4v) is 1.46. The van der Waals surface area contributed by atoms with Crippen LogP contribution in [0.2, 0.25) is 0 Å². The van der Waals surface area contributed by atoms with Gasteiger partial charge in [0.15, 0.2) is 0 Å². The second kappa shape index (κ2) is 3.66. The molecule has 1 heterocycles. The van der Waals surface area contributed by atoms with Crippen LogP contribution in [-0.2, 0) is 0 Å². The average Bonchev–Trinajstić information content (AvgIpc) is 1.74. The first kappa shape index (κ1) is 9.86. The lowest BCUT2D eigenvalue weighted by Gasteiger charge is -2.32. The van der Waals surface area contributed by atoms with Crippen LogP contribution in [0.15, 0.2) is 0 Å². The van der Waals surface area contributed by atoms with Gasteiger partial charge in [0.25, 0.3) is 5.92 Å². The number of rotatable bonds is 4. The van der Waals surface area contributed by atoms with Gasteiger partial charge in [-0.15, -0.1) is 0 Å². The molecule has 2 nitrogen and oxygen atoms in total. The molecule has 0 unspecified atom stereocenters. The highest BCUT2D eigenvalue weighted by Gasteiger charge is 2.26. The zero-order valence-corrected chi connectivity index (χ0v) is 7.61. The van der Waals surface area contributed by atoms with E-state index in [4.69, 9.17) is 0 Å². The fourth-order valence-electron chi connectivity index (χ4n) is 1.46. The van der Waals surface area contributed by atoms with Crippen molar-refractivity contribution in [1.82, 2.24) is 10.2 Å². The molecule has 1 rings (SSSR count). The summed E-state index contributed by atoms with van der Waals surface area (Å²) in [7, 11) is 1.75. The van der Waals surface area contributed by atoms with Crippen molar-refractivity contribution in [2.75, 3.05) is 33.2 Å². The van der Waals surface area contributed by atoms with Gasteiger partial charge in [-0.3, -0.25) is 0 Å². The SMILES string of the molecule is CN(CC1CNC1)CC(C)(F)F. The molecule has 72 valence electrons. The highest BCUT2D eigenvalue weighted by Crippen LogP contribution is 2.14. The molecule has 0 aromatic heterocycles. The predicted octanol–water partition coefficient (Wildman–Crippen LogP) is 0.793. The van der Waals surface area contributed by atoms with Gasteiger partial charge >= 0.3 is 0 Å². The van der Waals surface area contributed by atoms with E-state index in [1.807, 2.05) is 0 Å². The number of halogens is 2. The Morgan fingerprint density at radius 1 is 1.50 bits per heavy atom. The molecule has 0 atom stereocenters. The summed E-state index contributed by atoms with van der Waals surface area (Å²) in [5, 5.41) is 3.12. The minimum Gasteiger partial charge on any atom is -0.316 e. The van der Waals surface area contributed by atoms with E-state index < -0.39 is 5.92 Å². The Hall–Kier alpha value is -0.220. The normalized spacial score (nSPS) is 19.8. The van der Waals surface area contributed by atoms with Crippen LogP contribution >= 0.6 is 0 Å². The Balaban J connectivity index is 2.14. The summed E-state index contributed by atoms with van der Waals surface area (Å²) in [5.41, 5.74) is 0. The number of nitrogens with zero attached hydrogens (tertiary/aromatic N) is 1. The van der Waals surface area contributed by atoms with Gasteiger partial charge in [-0.1, -0.05) is 0 Å². The Kier molecular flexibility index (Phi) is 3.01. The Bertz CT molecular complexity index is 140. The monoisotopic (exact) mass is 178 g/mol. The smallest absolute Gasteiger partial charge is 0.257 e. The molecule has 0 amide bonds. The molecular weight excluding hydrogens is 162 g/mol. The summed E-state index contributed by atoms with van der Waals surface area (Å²) in [5.74, 6) is -2.00.